The van der Waals surface area contributed by atoms with Crippen LogP contribution in [0.5, 0.6) is 0 Å². The Labute approximate surface area is 178 Å². The number of aromatic nitrogens is 2. The van der Waals surface area contributed by atoms with Gasteiger partial charge in [0.1, 0.15) is 0 Å². The van der Waals surface area contributed by atoms with Gasteiger partial charge in [-0.15, -0.1) is 22.7 Å². The fourth-order valence-electron chi connectivity index (χ4n) is 3.51. The van der Waals surface area contributed by atoms with Crippen LogP contribution in [-0.4, -0.2) is 22.4 Å². The summed E-state index contributed by atoms with van der Waals surface area (Å²) in [5, 5.41) is 7.35. The molecule has 1 amide bonds. The van der Waals surface area contributed by atoms with Gasteiger partial charge in [0.15, 0.2) is 0 Å². The van der Waals surface area contributed by atoms with Crippen LogP contribution in [0.15, 0.2) is 41.8 Å². The summed E-state index contributed by atoms with van der Waals surface area (Å²) >= 11 is 3.41. The van der Waals surface area contributed by atoms with E-state index < -0.39 is 0 Å². The Morgan fingerprint density at radius 3 is 2.69 bits per heavy atom. The molecule has 0 bridgehead atoms. The predicted octanol–water partition coefficient (Wildman–Crippen LogP) is 5.25. The lowest BCUT2D eigenvalue weighted by molar-refractivity contribution is -0.120. The van der Waals surface area contributed by atoms with Crippen LogP contribution in [0.25, 0.3) is 21.5 Å². The fourth-order valence-corrected chi connectivity index (χ4v) is 5.16. The lowest BCUT2D eigenvalue weighted by Gasteiger charge is -2.12. The van der Waals surface area contributed by atoms with Crippen molar-refractivity contribution in [2.75, 3.05) is 6.54 Å². The van der Waals surface area contributed by atoms with E-state index in [1.807, 2.05) is 32.0 Å². The number of carbonyl (C=O) groups is 1. The quantitative estimate of drug-likeness (QED) is 0.463. The van der Waals surface area contributed by atoms with E-state index in [0.717, 1.165) is 44.8 Å². The standard InChI is InChI=1S/C23H23N3OS2/c1-14-18-6-4-5-7-20(18)25-15(2)19(14)12-23(27)24-11-10-17-8-9-22(29-17)21-13-28-16(3)26-21/h4-9,13H,10-12H2,1-3H3,(H,24,27). The van der Waals surface area contributed by atoms with Crippen LogP contribution < -0.4 is 5.32 Å². The van der Waals surface area contributed by atoms with Gasteiger partial charge in [0, 0.05) is 27.9 Å². The zero-order valence-corrected chi connectivity index (χ0v) is 18.4. The first-order valence-electron chi connectivity index (χ1n) is 9.64. The minimum Gasteiger partial charge on any atom is -0.355 e. The summed E-state index contributed by atoms with van der Waals surface area (Å²) in [4.78, 5) is 24.2. The zero-order valence-electron chi connectivity index (χ0n) is 16.8. The highest BCUT2D eigenvalue weighted by molar-refractivity contribution is 7.16. The van der Waals surface area contributed by atoms with Crippen molar-refractivity contribution in [3.8, 4) is 10.6 Å². The van der Waals surface area contributed by atoms with Crippen molar-refractivity contribution < 1.29 is 4.79 Å². The third-order valence-electron chi connectivity index (χ3n) is 5.05. The van der Waals surface area contributed by atoms with Crippen molar-refractivity contribution in [1.29, 1.82) is 0 Å². The van der Waals surface area contributed by atoms with Crippen molar-refractivity contribution >= 4 is 39.5 Å². The molecular formula is C23H23N3OS2. The van der Waals surface area contributed by atoms with Gasteiger partial charge in [0.2, 0.25) is 5.91 Å². The van der Waals surface area contributed by atoms with Crippen LogP contribution in [0.3, 0.4) is 0 Å². The van der Waals surface area contributed by atoms with Crippen molar-refractivity contribution in [2.24, 2.45) is 0 Å². The molecule has 4 aromatic rings. The third kappa shape index (κ3) is 4.38. The lowest BCUT2D eigenvalue weighted by Crippen LogP contribution is -2.27. The molecule has 4 nitrogen and oxygen atoms in total. The highest BCUT2D eigenvalue weighted by Gasteiger charge is 2.13. The molecule has 29 heavy (non-hydrogen) atoms. The number of benzene rings is 1. The maximum atomic E-state index is 12.5. The molecule has 6 heteroatoms. The number of thiazole rings is 1. The van der Waals surface area contributed by atoms with Gasteiger partial charge >= 0.3 is 0 Å². The van der Waals surface area contributed by atoms with Gasteiger partial charge in [0.25, 0.3) is 0 Å². The Morgan fingerprint density at radius 1 is 1.07 bits per heavy atom. The molecule has 0 aliphatic heterocycles. The molecular weight excluding hydrogens is 398 g/mol. The molecule has 1 N–H and O–H groups in total. The monoisotopic (exact) mass is 421 g/mol. The maximum Gasteiger partial charge on any atom is 0.224 e. The van der Waals surface area contributed by atoms with E-state index in [1.165, 1.54) is 9.75 Å². The number of hydrogen-bond donors (Lipinski definition) is 1. The number of nitrogens with zero attached hydrogens (tertiary/aromatic N) is 2. The minimum absolute atomic E-state index is 0.0418. The van der Waals surface area contributed by atoms with Crippen molar-refractivity contribution in [3.05, 3.63) is 68.5 Å². The van der Waals surface area contributed by atoms with Crippen LogP contribution >= 0.6 is 22.7 Å². The predicted molar refractivity (Wildman–Crippen MR) is 122 cm³/mol. The van der Waals surface area contributed by atoms with E-state index in [2.05, 4.69) is 45.8 Å². The molecule has 0 spiro atoms. The highest BCUT2D eigenvalue weighted by atomic mass is 32.1. The van der Waals surface area contributed by atoms with Gasteiger partial charge in [-0.05, 0) is 56.5 Å². The van der Waals surface area contributed by atoms with E-state index >= 15 is 0 Å². The van der Waals surface area contributed by atoms with Crippen molar-refractivity contribution in [1.82, 2.24) is 15.3 Å². The molecule has 0 saturated heterocycles. The smallest absolute Gasteiger partial charge is 0.224 e. The second kappa shape index (κ2) is 8.43. The van der Waals surface area contributed by atoms with Gasteiger partial charge in [-0.3, -0.25) is 9.78 Å². The van der Waals surface area contributed by atoms with Crippen LogP contribution in [0, 0.1) is 20.8 Å². The first-order valence-corrected chi connectivity index (χ1v) is 11.3. The number of thiophene rings is 1. The summed E-state index contributed by atoms with van der Waals surface area (Å²) < 4.78 is 0. The summed E-state index contributed by atoms with van der Waals surface area (Å²) in [6, 6.07) is 12.3. The Hall–Kier alpha value is -2.57. The van der Waals surface area contributed by atoms with Crippen LogP contribution in [0.2, 0.25) is 0 Å². The highest BCUT2D eigenvalue weighted by Crippen LogP contribution is 2.29. The largest absolute Gasteiger partial charge is 0.355 e. The molecule has 3 aromatic heterocycles. The minimum atomic E-state index is 0.0418. The Morgan fingerprint density at radius 2 is 1.90 bits per heavy atom. The number of para-hydroxylation sites is 1. The molecule has 0 saturated carbocycles. The van der Waals surface area contributed by atoms with E-state index in [4.69, 9.17) is 0 Å². The van der Waals surface area contributed by atoms with E-state index in [1.54, 1.807) is 22.7 Å². The summed E-state index contributed by atoms with van der Waals surface area (Å²) in [6.07, 6.45) is 1.19. The van der Waals surface area contributed by atoms with E-state index in [9.17, 15) is 4.79 Å². The topological polar surface area (TPSA) is 54.9 Å². The molecule has 1 aromatic carbocycles. The normalized spacial score (nSPS) is 11.1. The number of amides is 1. The number of nitrogens with one attached hydrogen (secondary N) is 1. The number of carbonyl (C=O) groups excluding carboxylic acids is 1. The number of aryl methyl sites for hydroxylation is 3. The molecule has 0 fully saturated rings. The Balaban J connectivity index is 1.36. The second-order valence-electron chi connectivity index (χ2n) is 7.11. The first-order chi connectivity index (χ1) is 14.0. The van der Waals surface area contributed by atoms with Crippen LogP contribution in [-0.2, 0) is 17.6 Å². The summed E-state index contributed by atoms with van der Waals surface area (Å²) in [5.74, 6) is 0.0418. The van der Waals surface area contributed by atoms with E-state index in [0.29, 0.717) is 13.0 Å². The van der Waals surface area contributed by atoms with Gasteiger partial charge in [-0.25, -0.2) is 4.98 Å². The zero-order chi connectivity index (χ0) is 20.4. The third-order valence-corrected chi connectivity index (χ3v) is 6.99. The molecule has 0 unspecified atom stereocenters. The summed E-state index contributed by atoms with van der Waals surface area (Å²) in [5.41, 5.74) is 5.12. The number of pyridine rings is 1. The molecule has 4 rings (SSSR count). The summed E-state index contributed by atoms with van der Waals surface area (Å²) in [6.45, 7) is 6.71. The van der Waals surface area contributed by atoms with Crippen molar-refractivity contribution in [2.45, 2.75) is 33.6 Å². The molecule has 0 radical (unpaired) electrons. The number of fused-ring (bicyclic) bond motifs is 1. The fraction of sp³-hybridized carbons (Fsp3) is 0.261. The Bertz CT molecular complexity index is 1180. The number of hydrogen-bond acceptors (Lipinski definition) is 5. The van der Waals surface area contributed by atoms with Crippen LogP contribution in [0.4, 0.5) is 0 Å². The van der Waals surface area contributed by atoms with E-state index in [-0.39, 0.29) is 5.91 Å². The van der Waals surface area contributed by atoms with Gasteiger partial charge in [-0.2, -0.15) is 0 Å². The van der Waals surface area contributed by atoms with Gasteiger partial charge in [0.05, 0.1) is 27.5 Å². The van der Waals surface area contributed by atoms with Gasteiger partial charge in [-0.1, -0.05) is 18.2 Å². The average Bonchev–Trinajstić information content (AvgIpc) is 3.34. The molecule has 3 heterocycles. The lowest BCUT2D eigenvalue weighted by atomic mass is 9.99. The molecule has 148 valence electrons. The first kappa shape index (κ1) is 19.7. The molecule has 0 aliphatic carbocycles. The maximum absolute atomic E-state index is 12.5. The van der Waals surface area contributed by atoms with Crippen molar-refractivity contribution in [3.63, 3.8) is 0 Å². The van der Waals surface area contributed by atoms with Crippen LogP contribution in [0.1, 0.15) is 26.7 Å². The average molecular weight is 422 g/mol. The Kier molecular flexibility index (Phi) is 5.74. The molecule has 0 atom stereocenters. The summed E-state index contributed by atoms with van der Waals surface area (Å²) in [7, 11) is 0. The SMILES string of the molecule is Cc1nc(-c2ccc(CCNC(=O)Cc3c(C)nc4ccccc4c3C)s2)cs1. The number of rotatable bonds is 6. The second-order valence-corrected chi connectivity index (χ2v) is 9.34. The van der Waals surface area contributed by atoms with Gasteiger partial charge < -0.3 is 5.32 Å². The molecule has 0 aliphatic rings.